The van der Waals surface area contributed by atoms with Crippen molar-refractivity contribution >= 4 is 23.6 Å². The Hall–Kier alpha value is -3.05. The van der Waals surface area contributed by atoms with E-state index in [1.54, 1.807) is 16.7 Å². The van der Waals surface area contributed by atoms with Crippen LogP contribution in [0.15, 0.2) is 89.8 Å². The summed E-state index contributed by atoms with van der Waals surface area (Å²) in [4.78, 5) is 29.6. The van der Waals surface area contributed by atoms with Crippen LogP contribution < -0.4 is 5.32 Å². The van der Waals surface area contributed by atoms with Crippen molar-refractivity contribution in [2.75, 3.05) is 12.3 Å². The normalized spacial score (nSPS) is 11.6. The molecule has 4 nitrogen and oxygen atoms in total. The van der Waals surface area contributed by atoms with Gasteiger partial charge in [0.15, 0.2) is 0 Å². The predicted octanol–water partition coefficient (Wildman–Crippen LogP) is 5.25. The van der Waals surface area contributed by atoms with Crippen LogP contribution in [0.25, 0.3) is 0 Å². The SMILES string of the molecule is CCNC(=O)[C@H](Cc1ccccc1)N(Cc1ccccc1C)C(=O)CCSc1ccccc1. The van der Waals surface area contributed by atoms with E-state index in [9.17, 15) is 9.59 Å². The fourth-order valence-corrected chi connectivity index (χ4v) is 4.60. The van der Waals surface area contributed by atoms with Gasteiger partial charge in [0.1, 0.15) is 6.04 Å². The van der Waals surface area contributed by atoms with Gasteiger partial charge in [-0.1, -0.05) is 72.8 Å². The first-order chi connectivity index (χ1) is 16.1. The maximum absolute atomic E-state index is 13.5. The predicted molar refractivity (Wildman–Crippen MR) is 136 cm³/mol. The summed E-state index contributed by atoms with van der Waals surface area (Å²) < 4.78 is 0. The Balaban J connectivity index is 1.84. The fourth-order valence-electron chi connectivity index (χ4n) is 3.73. The van der Waals surface area contributed by atoms with E-state index < -0.39 is 6.04 Å². The van der Waals surface area contributed by atoms with Crippen LogP contribution in [0.1, 0.15) is 30.0 Å². The Morgan fingerprint density at radius 1 is 0.909 bits per heavy atom. The Labute approximate surface area is 201 Å². The molecule has 5 heteroatoms. The van der Waals surface area contributed by atoms with Crippen molar-refractivity contribution in [3.8, 4) is 0 Å². The van der Waals surface area contributed by atoms with E-state index in [4.69, 9.17) is 0 Å². The van der Waals surface area contributed by atoms with E-state index >= 15 is 0 Å². The second-order valence-corrected chi connectivity index (χ2v) is 9.13. The molecule has 0 fully saturated rings. The minimum atomic E-state index is -0.568. The third-order valence-corrected chi connectivity index (χ3v) is 6.57. The van der Waals surface area contributed by atoms with Crippen LogP contribution in [0.2, 0.25) is 0 Å². The van der Waals surface area contributed by atoms with E-state index in [2.05, 4.69) is 5.32 Å². The average Bonchev–Trinajstić information content (AvgIpc) is 2.84. The number of benzene rings is 3. The molecule has 172 valence electrons. The van der Waals surface area contributed by atoms with Crippen molar-refractivity contribution in [2.45, 2.75) is 44.2 Å². The van der Waals surface area contributed by atoms with Gasteiger partial charge in [-0.3, -0.25) is 9.59 Å². The molecular weight excluding hydrogens is 428 g/mol. The maximum atomic E-state index is 13.5. The largest absolute Gasteiger partial charge is 0.355 e. The van der Waals surface area contributed by atoms with Gasteiger partial charge in [0, 0.05) is 36.6 Å². The molecule has 3 aromatic carbocycles. The molecule has 33 heavy (non-hydrogen) atoms. The molecule has 0 spiro atoms. The van der Waals surface area contributed by atoms with Crippen LogP contribution in [0, 0.1) is 6.92 Å². The van der Waals surface area contributed by atoms with Gasteiger partial charge in [-0.2, -0.15) is 0 Å². The zero-order chi connectivity index (χ0) is 23.5. The number of amides is 2. The highest BCUT2D eigenvalue weighted by Crippen LogP contribution is 2.21. The summed E-state index contributed by atoms with van der Waals surface area (Å²) in [6.07, 6.45) is 0.853. The molecule has 0 aromatic heterocycles. The molecule has 0 aliphatic heterocycles. The van der Waals surface area contributed by atoms with Crippen LogP contribution in [0.3, 0.4) is 0 Å². The lowest BCUT2D eigenvalue weighted by Crippen LogP contribution is -2.50. The number of carbonyl (C=O) groups is 2. The van der Waals surface area contributed by atoms with Gasteiger partial charge in [-0.25, -0.2) is 0 Å². The van der Waals surface area contributed by atoms with E-state index in [1.807, 2.05) is 98.8 Å². The van der Waals surface area contributed by atoms with Crippen molar-refractivity contribution in [1.29, 1.82) is 0 Å². The highest BCUT2D eigenvalue weighted by molar-refractivity contribution is 7.99. The Morgan fingerprint density at radius 3 is 2.21 bits per heavy atom. The number of nitrogens with one attached hydrogen (secondary N) is 1. The molecule has 1 N–H and O–H groups in total. The van der Waals surface area contributed by atoms with Crippen LogP contribution in [-0.2, 0) is 22.6 Å². The van der Waals surface area contributed by atoms with Crippen molar-refractivity contribution in [3.05, 3.63) is 102 Å². The first-order valence-electron chi connectivity index (χ1n) is 11.4. The van der Waals surface area contributed by atoms with Gasteiger partial charge >= 0.3 is 0 Å². The second-order valence-electron chi connectivity index (χ2n) is 7.96. The molecule has 1 atom stereocenters. The molecule has 0 aliphatic carbocycles. The zero-order valence-electron chi connectivity index (χ0n) is 19.4. The number of carbonyl (C=O) groups excluding carboxylic acids is 2. The molecular formula is C28H32N2O2S. The van der Waals surface area contributed by atoms with Gasteiger partial charge < -0.3 is 10.2 Å². The van der Waals surface area contributed by atoms with Crippen LogP contribution in [0.5, 0.6) is 0 Å². The van der Waals surface area contributed by atoms with Gasteiger partial charge in [0.25, 0.3) is 0 Å². The number of likely N-dealkylation sites (N-methyl/N-ethyl adjacent to an activating group) is 1. The summed E-state index contributed by atoms with van der Waals surface area (Å²) in [5.74, 6) is 0.550. The van der Waals surface area contributed by atoms with Crippen molar-refractivity contribution in [3.63, 3.8) is 0 Å². The maximum Gasteiger partial charge on any atom is 0.243 e. The standard InChI is InChI=1S/C28H32N2O2S/c1-3-29-28(32)26(20-23-13-6-4-7-14-23)30(21-24-15-11-10-12-22(24)2)27(31)18-19-33-25-16-8-5-9-17-25/h4-17,26H,3,18-21H2,1-2H3,(H,29,32)/t26-/m0/s1. The Kier molecular flexibility index (Phi) is 9.58. The molecule has 0 bridgehead atoms. The summed E-state index contributed by atoms with van der Waals surface area (Å²) in [7, 11) is 0. The lowest BCUT2D eigenvalue weighted by Gasteiger charge is -2.32. The number of thioether (sulfide) groups is 1. The first kappa shape index (κ1) is 24.6. The van der Waals surface area contributed by atoms with E-state index in [1.165, 1.54) is 0 Å². The Morgan fingerprint density at radius 2 is 1.55 bits per heavy atom. The molecule has 0 saturated carbocycles. The molecule has 3 rings (SSSR count). The number of hydrogen-bond acceptors (Lipinski definition) is 3. The summed E-state index contributed by atoms with van der Waals surface area (Å²) >= 11 is 1.66. The summed E-state index contributed by atoms with van der Waals surface area (Å²) in [5.41, 5.74) is 3.21. The summed E-state index contributed by atoms with van der Waals surface area (Å²) in [6, 6.07) is 27.5. The zero-order valence-corrected chi connectivity index (χ0v) is 20.2. The molecule has 0 heterocycles. The van der Waals surface area contributed by atoms with Gasteiger partial charge in [-0.05, 0) is 42.7 Å². The van der Waals surface area contributed by atoms with Gasteiger partial charge in [0.2, 0.25) is 11.8 Å². The quantitative estimate of drug-likeness (QED) is 0.398. The van der Waals surface area contributed by atoms with Crippen molar-refractivity contribution < 1.29 is 9.59 Å². The van der Waals surface area contributed by atoms with E-state index in [0.717, 1.165) is 21.6 Å². The monoisotopic (exact) mass is 460 g/mol. The lowest BCUT2D eigenvalue weighted by molar-refractivity contribution is -0.140. The molecule has 3 aromatic rings. The Bertz CT molecular complexity index is 1020. The summed E-state index contributed by atoms with van der Waals surface area (Å²) in [6.45, 7) is 4.89. The van der Waals surface area contributed by atoms with E-state index in [0.29, 0.717) is 31.7 Å². The number of aryl methyl sites for hydroxylation is 1. The van der Waals surface area contributed by atoms with Crippen LogP contribution in [0.4, 0.5) is 0 Å². The third kappa shape index (κ3) is 7.50. The number of nitrogens with zero attached hydrogens (tertiary/aromatic N) is 1. The molecule has 0 aliphatic rings. The van der Waals surface area contributed by atoms with Crippen LogP contribution in [-0.4, -0.2) is 35.1 Å². The number of rotatable bonds is 11. The molecule has 0 radical (unpaired) electrons. The summed E-state index contributed by atoms with van der Waals surface area (Å²) in [5, 5.41) is 2.95. The molecule has 0 saturated heterocycles. The highest BCUT2D eigenvalue weighted by atomic mass is 32.2. The minimum Gasteiger partial charge on any atom is -0.355 e. The van der Waals surface area contributed by atoms with Crippen LogP contribution >= 0.6 is 11.8 Å². The lowest BCUT2D eigenvalue weighted by atomic mass is 10.0. The van der Waals surface area contributed by atoms with Crippen molar-refractivity contribution in [2.24, 2.45) is 0 Å². The topological polar surface area (TPSA) is 49.4 Å². The highest BCUT2D eigenvalue weighted by Gasteiger charge is 2.30. The smallest absolute Gasteiger partial charge is 0.243 e. The number of hydrogen-bond donors (Lipinski definition) is 1. The second kappa shape index (κ2) is 12.9. The third-order valence-electron chi connectivity index (χ3n) is 5.55. The van der Waals surface area contributed by atoms with Gasteiger partial charge in [0.05, 0.1) is 0 Å². The van der Waals surface area contributed by atoms with E-state index in [-0.39, 0.29) is 11.8 Å². The average molecular weight is 461 g/mol. The molecule has 0 unspecified atom stereocenters. The van der Waals surface area contributed by atoms with Crippen molar-refractivity contribution in [1.82, 2.24) is 10.2 Å². The first-order valence-corrected chi connectivity index (χ1v) is 12.4. The molecule has 2 amide bonds. The minimum absolute atomic E-state index is 0.00568. The fraction of sp³-hybridized carbons (Fsp3) is 0.286. The van der Waals surface area contributed by atoms with Gasteiger partial charge in [-0.15, -0.1) is 11.8 Å².